The van der Waals surface area contributed by atoms with Crippen molar-refractivity contribution in [3.05, 3.63) is 29.8 Å². The van der Waals surface area contributed by atoms with Gasteiger partial charge >= 0.3 is 12.0 Å². The Bertz CT molecular complexity index is 513. The van der Waals surface area contributed by atoms with Gasteiger partial charge < -0.3 is 15.3 Å². The van der Waals surface area contributed by atoms with Gasteiger partial charge in [-0.05, 0) is 36.5 Å². The summed E-state index contributed by atoms with van der Waals surface area (Å²) in [5, 5.41) is 12.0. The second-order valence-corrected chi connectivity index (χ2v) is 5.76. The fourth-order valence-corrected chi connectivity index (χ4v) is 2.72. The van der Waals surface area contributed by atoms with E-state index >= 15 is 0 Å². The molecule has 2 N–H and O–H groups in total. The molecule has 2 amide bonds. The van der Waals surface area contributed by atoms with Crippen LogP contribution >= 0.6 is 0 Å². The van der Waals surface area contributed by atoms with Gasteiger partial charge in [-0.25, -0.2) is 4.79 Å². The first-order chi connectivity index (χ1) is 9.99. The quantitative estimate of drug-likeness (QED) is 0.899. The molecule has 5 heteroatoms. The summed E-state index contributed by atoms with van der Waals surface area (Å²) < 4.78 is 0. The summed E-state index contributed by atoms with van der Waals surface area (Å²) in [7, 11) is 0. The van der Waals surface area contributed by atoms with E-state index in [1.165, 1.54) is 5.56 Å². The molecule has 21 heavy (non-hydrogen) atoms. The van der Waals surface area contributed by atoms with E-state index in [1.54, 1.807) is 4.90 Å². The van der Waals surface area contributed by atoms with Gasteiger partial charge in [-0.3, -0.25) is 4.79 Å². The van der Waals surface area contributed by atoms with Crippen LogP contribution < -0.4 is 5.32 Å². The number of carbonyl (C=O) groups excluding carboxylic acids is 1. The van der Waals surface area contributed by atoms with E-state index in [0.717, 1.165) is 12.1 Å². The SMILES string of the molecule is CCc1ccc(NC(=O)N2CC(C)CC(C(=O)O)C2)cc1. The number of hydrogen-bond donors (Lipinski definition) is 2. The lowest BCUT2D eigenvalue weighted by atomic mass is 9.91. The van der Waals surface area contributed by atoms with Gasteiger partial charge in [0.1, 0.15) is 0 Å². The minimum absolute atomic E-state index is 0.202. The van der Waals surface area contributed by atoms with E-state index in [2.05, 4.69) is 12.2 Å². The van der Waals surface area contributed by atoms with E-state index in [-0.39, 0.29) is 18.5 Å². The molecular weight excluding hydrogens is 268 g/mol. The molecule has 0 aliphatic carbocycles. The van der Waals surface area contributed by atoms with Gasteiger partial charge in [0.25, 0.3) is 0 Å². The molecule has 0 spiro atoms. The molecule has 2 unspecified atom stereocenters. The molecule has 0 radical (unpaired) electrons. The van der Waals surface area contributed by atoms with Gasteiger partial charge in [0.05, 0.1) is 5.92 Å². The highest BCUT2D eigenvalue weighted by Gasteiger charge is 2.31. The summed E-state index contributed by atoms with van der Waals surface area (Å²) in [6.45, 7) is 4.93. The van der Waals surface area contributed by atoms with Crippen LogP contribution in [0, 0.1) is 11.8 Å². The third kappa shape index (κ3) is 3.97. The monoisotopic (exact) mass is 290 g/mol. The Morgan fingerprint density at radius 1 is 1.29 bits per heavy atom. The number of piperidine rings is 1. The molecule has 1 aromatic carbocycles. The summed E-state index contributed by atoms with van der Waals surface area (Å²) in [6.07, 6.45) is 1.59. The fourth-order valence-electron chi connectivity index (χ4n) is 2.72. The highest BCUT2D eigenvalue weighted by molar-refractivity contribution is 5.89. The van der Waals surface area contributed by atoms with E-state index < -0.39 is 11.9 Å². The summed E-state index contributed by atoms with van der Waals surface area (Å²) >= 11 is 0. The number of amides is 2. The molecule has 1 heterocycles. The lowest BCUT2D eigenvalue weighted by Crippen LogP contribution is -2.47. The van der Waals surface area contributed by atoms with Crippen molar-refractivity contribution in [2.75, 3.05) is 18.4 Å². The van der Waals surface area contributed by atoms with Gasteiger partial charge in [-0.2, -0.15) is 0 Å². The first-order valence-electron chi connectivity index (χ1n) is 7.37. The third-order valence-corrected chi connectivity index (χ3v) is 3.91. The molecule has 2 atom stereocenters. The fraction of sp³-hybridized carbons (Fsp3) is 0.500. The Balaban J connectivity index is 1.99. The predicted octanol–water partition coefficient (Wildman–Crippen LogP) is 2.82. The van der Waals surface area contributed by atoms with Crippen molar-refractivity contribution in [1.82, 2.24) is 4.90 Å². The molecule has 1 aliphatic rings. The van der Waals surface area contributed by atoms with Gasteiger partial charge in [0, 0.05) is 18.8 Å². The number of aryl methyl sites for hydroxylation is 1. The van der Waals surface area contributed by atoms with Crippen LogP contribution in [0.2, 0.25) is 0 Å². The van der Waals surface area contributed by atoms with Crippen LogP contribution in [0.5, 0.6) is 0 Å². The van der Waals surface area contributed by atoms with Gasteiger partial charge in [0.15, 0.2) is 0 Å². The number of aliphatic carboxylic acids is 1. The average molecular weight is 290 g/mol. The summed E-state index contributed by atoms with van der Waals surface area (Å²) in [5.41, 5.74) is 1.95. The lowest BCUT2D eigenvalue weighted by Gasteiger charge is -2.34. The highest BCUT2D eigenvalue weighted by Crippen LogP contribution is 2.22. The number of carboxylic acid groups (broad SMARTS) is 1. The van der Waals surface area contributed by atoms with E-state index in [4.69, 9.17) is 5.11 Å². The largest absolute Gasteiger partial charge is 0.481 e. The minimum atomic E-state index is -0.827. The van der Waals surface area contributed by atoms with Gasteiger partial charge in [-0.15, -0.1) is 0 Å². The van der Waals surface area contributed by atoms with Crippen LogP contribution in [0.4, 0.5) is 10.5 Å². The molecule has 1 fully saturated rings. The zero-order chi connectivity index (χ0) is 15.4. The summed E-state index contributed by atoms with van der Waals surface area (Å²) in [5.74, 6) is -1.10. The second-order valence-electron chi connectivity index (χ2n) is 5.76. The third-order valence-electron chi connectivity index (χ3n) is 3.91. The topological polar surface area (TPSA) is 69.6 Å². The molecule has 0 bridgehead atoms. The number of nitrogens with one attached hydrogen (secondary N) is 1. The second kappa shape index (κ2) is 6.61. The number of likely N-dealkylation sites (tertiary alicyclic amines) is 1. The molecule has 114 valence electrons. The molecule has 2 rings (SSSR count). The van der Waals surface area contributed by atoms with Crippen LogP contribution in [0.1, 0.15) is 25.8 Å². The van der Waals surface area contributed by atoms with Crippen molar-refractivity contribution in [3.63, 3.8) is 0 Å². The number of hydrogen-bond acceptors (Lipinski definition) is 2. The lowest BCUT2D eigenvalue weighted by molar-refractivity contribution is -0.143. The van der Waals surface area contributed by atoms with Crippen molar-refractivity contribution in [3.8, 4) is 0 Å². The van der Waals surface area contributed by atoms with Crippen molar-refractivity contribution in [2.45, 2.75) is 26.7 Å². The van der Waals surface area contributed by atoms with Crippen LogP contribution in [-0.2, 0) is 11.2 Å². The first kappa shape index (κ1) is 15.4. The molecule has 1 saturated heterocycles. The van der Waals surface area contributed by atoms with Crippen molar-refractivity contribution in [1.29, 1.82) is 0 Å². The van der Waals surface area contributed by atoms with Crippen molar-refractivity contribution >= 4 is 17.7 Å². The standard InChI is InChI=1S/C16H22N2O3/c1-3-12-4-6-14(7-5-12)17-16(21)18-9-11(2)8-13(10-18)15(19)20/h4-7,11,13H,3,8-10H2,1-2H3,(H,17,21)(H,19,20). The zero-order valence-electron chi connectivity index (χ0n) is 12.5. The molecule has 5 nitrogen and oxygen atoms in total. The van der Waals surface area contributed by atoms with Gasteiger partial charge in [-0.1, -0.05) is 26.0 Å². The maximum absolute atomic E-state index is 12.3. The van der Waals surface area contributed by atoms with E-state index in [0.29, 0.717) is 13.0 Å². The van der Waals surface area contributed by atoms with Crippen LogP contribution in [0.25, 0.3) is 0 Å². The summed E-state index contributed by atoms with van der Waals surface area (Å²) in [6, 6.07) is 7.48. The van der Waals surface area contributed by atoms with E-state index in [9.17, 15) is 9.59 Å². The maximum atomic E-state index is 12.3. The zero-order valence-corrected chi connectivity index (χ0v) is 12.5. The number of benzene rings is 1. The van der Waals surface area contributed by atoms with Crippen LogP contribution in [-0.4, -0.2) is 35.1 Å². The Hall–Kier alpha value is -2.04. The number of carboxylic acids is 1. The van der Waals surface area contributed by atoms with Crippen molar-refractivity contribution < 1.29 is 14.7 Å². The number of carbonyl (C=O) groups is 2. The normalized spacial score (nSPS) is 21.9. The number of urea groups is 1. The first-order valence-corrected chi connectivity index (χ1v) is 7.37. The van der Waals surface area contributed by atoms with Gasteiger partial charge in [0.2, 0.25) is 0 Å². The molecule has 0 aromatic heterocycles. The number of anilines is 1. The minimum Gasteiger partial charge on any atom is -0.481 e. The smallest absolute Gasteiger partial charge is 0.321 e. The highest BCUT2D eigenvalue weighted by atomic mass is 16.4. The molecular formula is C16H22N2O3. The Morgan fingerprint density at radius 3 is 2.52 bits per heavy atom. The predicted molar refractivity (Wildman–Crippen MR) is 81.3 cm³/mol. The average Bonchev–Trinajstić information content (AvgIpc) is 2.47. The Kier molecular flexibility index (Phi) is 4.83. The Labute approximate surface area is 125 Å². The molecule has 1 aliphatic heterocycles. The molecule has 1 aromatic rings. The molecule has 0 saturated carbocycles. The number of rotatable bonds is 3. The Morgan fingerprint density at radius 2 is 1.95 bits per heavy atom. The number of nitrogens with zero attached hydrogens (tertiary/aromatic N) is 1. The summed E-state index contributed by atoms with van der Waals surface area (Å²) in [4.78, 5) is 25.0. The maximum Gasteiger partial charge on any atom is 0.321 e. The van der Waals surface area contributed by atoms with E-state index in [1.807, 2.05) is 31.2 Å². The van der Waals surface area contributed by atoms with Crippen LogP contribution in [0.3, 0.4) is 0 Å². The van der Waals surface area contributed by atoms with Crippen molar-refractivity contribution in [2.24, 2.45) is 11.8 Å². The van der Waals surface area contributed by atoms with Crippen LogP contribution in [0.15, 0.2) is 24.3 Å².